The largest absolute Gasteiger partial charge is 0.338 e. The van der Waals surface area contributed by atoms with E-state index in [-0.39, 0.29) is 18.4 Å². The molecule has 8 nitrogen and oxygen atoms in total. The number of piperazine rings is 1. The van der Waals surface area contributed by atoms with Crippen LogP contribution in [-0.2, 0) is 24.2 Å². The fourth-order valence-electron chi connectivity index (χ4n) is 3.70. The molecule has 2 amide bonds. The van der Waals surface area contributed by atoms with Crippen LogP contribution in [0.15, 0.2) is 24.5 Å². The molecule has 1 aliphatic carbocycles. The van der Waals surface area contributed by atoms with E-state index in [4.69, 9.17) is 0 Å². The Balaban J connectivity index is 1.35. The third-order valence-electron chi connectivity index (χ3n) is 5.20. The Labute approximate surface area is 151 Å². The summed E-state index contributed by atoms with van der Waals surface area (Å²) in [4.78, 5) is 28.7. The Kier molecular flexibility index (Phi) is 4.64. The van der Waals surface area contributed by atoms with Crippen LogP contribution in [0.4, 0.5) is 0 Å². The number of rotatable bonds is 3. The molecule has 8 heteroatoms. The fraction of sp³-hybridized carbons (Fsp3) is 0.500. The number of fused-ring (bicyclic) bond motifs is 1. The average Bonchev–Trinajstić information content (AvgIpc) is 3.20. The van der Waals surface area contributed by atoms with Crippen LogP contribution >= 0.6 is 0 Å². The van der Waals surface area contributed by atoms with Crippen molar-refractivity contribution in [2.24, 2.45) is 0 Å². The first-order chi connectivity index (χ1) is 12.7. The molecule has 0 atom stereocenters. The molecule has 2 aromatic rings. The van der Waals surface area contributed by atoms with Gasteiger partial charge in [0.25, 0.3) is 5.91 Å². The van der Waals surface area contributed by atoms with Crippen molar-refractivity contribution < 1.29 is 9.59 Å². The van der Waals surface area contributed by atoms with Crippen molar-refractivity contribution in [2.45, 2.75) is 32.2 Å². The number of nitrogens with zero attached hydrogens (tertiary/aromatic N) is 6. The fourth-order valence-corrected chi connectivity index (χ4v) is 3.70. The molecule has 26 heavy (non-hydrogen) atoms. The number of aryl methyl sites for hydroxylation is 2. The Morgan fingerprint density at radius 1 is 0.962 bits per heavy atom. The van der Waals surface area contributed by atoms with E-state index in [1.807, 2.05) is 11.0 Å². The van der Waals surface area contributed by atoms with Crippen molar-refractivity contribution in [2.75, 3.05) is 26.2 Å². The van der Waals surface area contributed by atoms with Crippen molar-refractivity contribution in [1.29, 1.82) is 0 Å². The molecular formula is C18H22N6O2. The summed E-state index contributed by atoms with van der Waals surface area (Å²) >= 11 is 0. The smallest absolute Gasteiger partial charge is 0.253 e. The Bertz CT molecular complexity index is 796. The number of tetrazole rings is 1. The normalized spacial score (nSPS) is 17.1. The van der Waals surface area contributed by atoms with Gasteiger partial charge in [0.1, 0.15) is 12.9 Å². The Morgan fingerprint density at radius 3 is 2.42 bits per heavy atom. The maximum Gasteiger partial charge on any atom is 0.253 e. The van der Waals surface area contributed by atoms with Gasteiger partial charge in [-0.25, -0.2) is 4.68 Å². The van der Waals surface area contributed by atoms with Gasteiger partial charge in [-0.05, 0) is 59.4 Å². The monoisotopic (exact) mass is 354 g/mol. The molecule has 0 radical (unpaired) electrons. The molecule has 0 spiro atoms. The summed E-state index contributed by atoms with van der Waals surface area (Å²) in [5.41, 5.74) is 3.46. The predicted octanol–water partition coefficient (Wildman–Crippen LogP) is 0.537. The molecule has 0 unspecified atom stereocenters. The van der Waals surface area contributed by atoms with E-state index in [0.29, 0.717) is 26.2 Å². The Morgan fingerprint density at radius 2 is 1.69 bits per heavy atom. The van der Waals surface area contributed by atoms with Gasteiger partial charge in [-0.2, -0.15) is 0 Å². The van der Waals surface area contributed by atoms with Gasteiger partial charge in [-0.1, -0.05) is 6.07 Å². The summed E-state index contributed by atoms with van der Waals surface area (Å²) < 4.78 is 1.41. The lowest BCUT2D eigenvalue weighted by atomic mass is 9.90. The van der Waals surface area contributed by atoms with Crippen LogP contribution in [0.3, 0.4) is 0 Å². The van der Waals surface area contributed by atoms with Gasteiger partial charge in [0.2, 0.25) is 5.91 Å². The topological polar surface area (TPSA) is 84.2 Å². The minimum atomic E-state index is -0.0295. The van der Waals surface area contributed by atoms with E-state index < -0.39 is 0 Å². The van der Waals surface area contributed by atoms with Gasteiger partial charge in [0.15, 0.2) is 0 Å². The van der Waals surface area contributed by atoms with Crippen LogP contribution in [0.1, 0.15) is 34.3 Å². The van der Waals surface area contributed by atoms with E-state index in [2.05, 4.69) is 27.7 Å². The highest BCUT2D eigenvalue weighted by molar-refractivity contribution is 5.94. The zero-order valence-corrected chi connectivity index (χ0v) is 14.7. The molecule has 0 N–H and O–H groups in total. The van der Waals surface area contributed by atoms with Crippen molar-refractivity contribution in [3.8, 4) is 0 Å². The van der Waals surface area contributed by atoms with Crippen molar-refractivity contribution >= 4 is 11.8 Å². The lowest BCUT2D eigenvalue weighted by Gasteiger charge is -2.35. The molecule has 2 heterocycles. The lowest BCUT2D eigenvalue weighted by molar-refractivity contribution is -0.133. The second-order valence-electron chi connectivity index (χ2n) is 6.87. The molecule has 0 bridgehead atoms. The summed E-state index contributed by atoms with van der Waals surface area (Å²) in [6.07, 6.45) is 6.04. The summed E-state index contributed by atoms with van der Waals surface area (Å²) in [6, 6.07) is 6.11. The molecule has 2 aliphatic rings. The number of hydrogen-bond acceptors (Lipinski definition) is 5. The molecule has 1 aromatic heterocycles. The number of hydrogen-bond donors (Lipinski definition) is 0. The first kappa shape index (κ1) is 16.7. The van der Waals surface area contributed by atoms with E-state index in [1.54, 1.807) is 4.90 Å². The number of carbonyl (C=O) groups excluding carboxylic acids is 2. The second-order valence-corrected chi connectivity index (χ2v) is 6.87. The number of carbonyl (C=O) groups is 2. The van der Waals surface area contributed by atoms with E-state index >= 15 is 0 Å². The van der Waals surface area contributed by atoms with Crippen molar-refractivity contribution in [1.82, 2.24) is 30.0 Å². The standard InChI is InChI=1S/C18H22N6O2/c25-17(12-24-13-19-20-21-24)22-7-9-23(10-8-22)18(26)16-6-5-14-3-1-2-4-15(14)11-16/h5-6,11,13H,1-4,7-10,12H2. The molecule has 1 fully saturated rings. The molecule has 0 saturated carbocycles. The van der Waals surface area contributed by atoms with Gasteiger partial charge in [-0.3, -0.25) is 9.59 Å². The molecule has 1 aromatic carbocycles. The summed E-state index contributed by atoms with van der Waals surface area (Å²) in [6.45, 7) is 2.32. The number of benzene rings is 1. The van der Waals surface area contributed by atoms with Crippen LogP contribution in [-0.4, -0.2) is 68.0 Å². The van der Waals surface area contributed by atoms with Gasteiger partial charge in [-0.15, -0.1) is 5.10 Å². The summed E-state index contributed by atoms with van der Waals surface area (Å²) in [5, 5.41) is 10.8. The van der Waals surface area contributed by atoms with Crippen LogP contribution in [0, 0.1) is 0 Å². The third kappa shape index (κ3) is 3.44. The number of amides is 2. The molecule has 136 valence electrons. The SMILES string of the molecule is O=C(Cn1cnnn1)N1CCN(C(=O)c2ccc3c(c2)CCCC3)CC1. The Hall–Kier alpha value is -2.77. The first-order valence-corrected chi connectivity index (χ1v) is 9.10. The minimum Gasteiger partial charge on any atom is -0.338 e. The van der Waals surface area contributed by atoms with Gasteiger partial charge in [0.05, 0.1) is 0 Å². The average molecular weight is 354 g/mol. The van der Waals surface area contributed by atoms with Crippen LogP contribution < -0.4 is 0 Å². The van der Waals surface area contributed by atoms with E-state index in [9.17, 15) is 9.59 Å². The van der Waals surface area contributed by atoms with Gasteiger partial charge in [0, 0.05) is 31.7 Å². The highest BCUT2D eigenvalue weighted by atomic mass is 16.2. The summed E-state index contributed by atoms with van der Waals surface area (Å²) in [5.74, 6) is 0.0316. The lowest BCUT2D eigenvalue weighted by Crippen LogP contribution is -2.51. The molecule has 1 saturated heterocycles. The third-order valence-corrected chi connectivity index (χ3v) is 5.20. The van der Waals surface area contributed by atoms with Crippen LogP contribution in [0.5, 0.6) is 0 Å². The highest BCUT2D eigenvalue weighted by Gasteiger charge is 2.25. The maximum atomic E-state index is 12.8. The summed E-state index contributed by atoms with van der Waals surface area (Å²) in [7, 11) is 0. The second kappa shape index (κ2) is 7.23. The first-order valence-electron chi connectivity index (χ1n) is 9.10. The minimum absolute atomic E-state index is 0.0295. The zero-order chi connectivity index (χ0) is 17.9. The van der Waals surface area contributed by atoms with Gasteiger partial charge < -0.3 is 9.80 Å². The number of aromatic nitrogens is 4. The zero-order valence-electron chi connectivity index (χ0n) is 14.7. The van der Waals surface area contributed by atoms with Crippen LogP contribution in [0.2, 0.25) is 0 Å². The predicted molar refractivity (Wildman–Crippen MR) is 93.4 cm³/mol. The highest BCUT2D eigenvalue weighted by Crippen LogP contribution is 2.23. The molecule has 1 aliphatic heterocycles. The van der Waals surface area contributed by atoms with Gasteiger partial charge >= 0.3 is 0 Å². The van der Waals surface area contributed by atoms with Crippen molar-refractivity contribution in [3.63, 3.8) is 0 Å². The van der Waals surface area contributed by atoms with Crippen LogP contribution in [0.25, 0.3) is 0 Å². The molecule has 4 rings (SSSR count). The maximum absolute atomic E-state index is 12.8. The van der Waals surface area contributed by atoms with E-state index in [1.165, 1.54) is 35.0 Å². The van der Waals surface area contributed by atoms with Crippen molar-refractivity contribution in [3.05, 3.63) is 41.2 Å². The molecular weight excluding hydrogens is 332 g/mol. The quantitative estimate of drug-likeness (QED) is 0.803. The van der Waals surface area contributed by atoms with E-state index in [0.717, 1.165) is 18.4 Å².